The molecule has 1 atom stereocenters. The lowest BCUT2D eigenvalue weighted by Gasteiger charge is -2.18. The van der Waals surface area contributed by atoms with Crippen LogP contribution in [-0.4, -0.2) is 31.0 Å². The maximum atomic E-state index is 12.7. The number of hydrogen-bond donors (Lipinski definition) is 2. The number of carbonyl (C=O) groups excluding carboxylic acids is 3. The molecule has 2 aromatic carbocycles. The van der Waals surface area contributed by atoms with Gasteiger partial charge in [0.05, 0.1) is 12.2 Å². The van der Waals surface area contributed by atoms with Crippen LogP contribution in [0.3, 0.4) is 0 Å². The molecule has 1 aromatic heterocycles. The van der Waals surface area contributed by atoms with Crippen molar-refractivity contribution < 1.29 is 23.9 Å². The Bertz CT molecular complexity index is 1300. The molecule has 0 spiro atoms. The van der Waals surface area contributed by atoms with E-state index in [2.05, 4.69) is 24.5 Å². The van der Waals surface area contributed by atoms with E-state index in [1.165, 1.54) is 16.9 Å². The van der Waals surface area contributed by atoms with Crippen LogP contribution < -0.4 is 15.4 Å². The summed E-state index contributed by atoms with van der Waals surface area (Å²) in [5.41, 5.74) is 3.95. The lowest BCUT2D eigenvalue weighted by molar-refractivity contribution is -0.118. The number of amides is 2. The average Bonchev–Trinajstić information content (AvgIpc) is 3.28. The van der Waals surface area contributed by atoms with Gasteiger partial charge in [-0.2, -0.15) is 0 Å². The van der Waals surface area contributed by atoms with Gasteiger partial charge in [-0.1, -0.05) is 32.4 Å². The first kappa shape index (κ1) is 28.4. The first-order valence-electron chi connectivity index (χ1n) is 13.6. The van der Waals surface area contributed by atoms with E-state index in [1.807, 2.05) is 24.3 Å². The van der Waals surface area contributed by atoms with Crippen molar-refractivity contribution in [2.24, 2.45) is 5.92 Å². The largest absolute Gasteiger partial charge is 0.484 e. The summed E-state index contributed by atoms with van der Waals surface area (Å²) in [6.45, 7) is 6.18. The van der Waals surface area contributed by atoms with Gasteiger partial charge in [-0.3, -0.25) is 9.59 Å². The van der Waals surface area contributed by atoms with Crippen molar-refractivity contribution in [1.82, 2.24) is 0 Å². The minimum atomic E-state index is -0.401. The summed E-state index contributed by atoms with van der Waals surface area (Å²) in [5.74, 6) is 0.0210. The molecule has 8 heteroatoms. The molecule has 0 bridgehead atoms. The monoisotopic (exact) mass is 548 g/mol. The van der Waals surface area contributed by atoms with Crippen molar-refractivity contribution in [3.8, 4) is 5.75 Å². The summed E-state index contributed by atoms with van der Waals surface area (Å²) < 4.78 is 10.9. The van der Waals surface area contributed by atoms with Gasteiger partial charge >= 0.3 is 5.97 Å². The maximum Gasteiger partial charge on any atom is 0.341 e. The van der Waals surface area contributed by atoms with E-state index >= 15 is 0 Å². The number of thiophene rings is 1. The Hall–Kier alpha value is -3.65. The zero-order chi connectivity index (χ0) is 27.8. The van der Waals surface area contributed by atoms with E-state index in [0.717, 1.165) is 54.7 Å². The third kappa shape index (κ3) is 7.47. The Morgan fingerprint density at radius 2 is 1.74 bits per heavy atom. The Kier molecular flexibility index (Phi) is 9.76. The van der Waals surface area contributed by atoms with Crippen molar-refractivity contribution in [1.29, 1.82) is 0 Å². The average molecular weight is 549 g/mol. The number of nitrogens with one attached hydrogen (secondary N) is 2. The highest BCUT2D eigenvalue weighted by atomic mass is 32.1. The molecule has 0 radical (unpaired) electrons. The predicted octanol–water partition coefficient (Wildman–Crippen LogP) is 6.66. The lowest BCUT2D eigenvalue weighted by Crippen LogP contribution is -2.21. The normalized spacial score (nSPS) is 14.3. The highest BCUT2D eigenvalue weighted by molar-refractivity contribution is 7.17. The number of hydrogen-bond acceptors (Lipinski definition) is 6. The van der Waals surface area contributed by atoms with Gasteiger partial charge in [0.1, 0.15) is 10.8 Å². The maximum absolute atomic E-state index is 12.7. The van der Waals surface area contributed by atoms with Crippen LogP contribution in [0.25, 0.3) is 0 Å². The van der Waals surface area contributed by atoms with Crippen molar-refractivity contribution in [3.63, 3.8) is 0 Å². The van der Waals surface area contributed by atoms with Crippen molar-refractivity contribution in [3.05, 3.63) is 75.7 Å². The number of aryl methyl sites for hydroxylation is 1. The van der Waals surface area contributed by atoms with Crippen LogP contribution in [0.15, 0.2) is 48.5 Å². The number of benzene rings is 2. The van der Waals surface area contributed by atoms with Gasteiger partial charge in [0.2, 0.25) is 0 Å². The van der Waals surface area contributed by atoms with Crippen LogP contribution in [0.1, 0.15) is 76.8 Å². The highest BCUT2D eigenvalue weighted by Gasteiger charge is 2.29. The molecule has 4 rings (SSSR count). The number of ether oxygens (including phenoxy) is 2. The number of rotatable bonds is 11. The van der Waals surface area contributed by atoms with Crippen LogP contribution >= 0.6 is 11.3 Å². The summed E-state index contributed by atoms with van der Waals surface area (Å²) in [6, 6.07) is 14.5. The molecular weight excluding hydrogens is 512 g/mol. The summed E-state index contributed by atoms with van der Waals surface area (Å²) in [4.78, 5) is 39.1. The molecular formula is C31H36N2O5S. The number of unbranched alkanes of at least 4 members (excludes halogenated alkanes) is 1. The van der Waals surface area contributed by atoms with Crippen LogP contribution in [0, 0.1) is 5.92 Å². The second-order valence-electron chi connectivity index (χ2n) is 9.89. The number of fused-ring (bicyclic) bond motifs is 1. The summed E-state index contributed by atoms with van der Waals surface area (Å²) in [6.07, 6.45) is 6.03. The molecule has 0 saturated carbocycles. The molecule has 1 aliphatic carbocycles. The minimum absolute atomic E-state index is 0.219. The van der Waals surface area contributed by atoms with Crippen LogP contribution in [0.4, 0.5) is 10.7 Å². The molecule has 2 N–H and O–H groups in total. The first-order valence-corrected chi connectivity index (χ1v) is 14.4. The lowest BCUT2D eigenvalue weighted by atomic mass is 9.88. The van der Waals surface area contributed by atoms with E-state index < -0.39 is 5.97 Å². The molecule has 206 valence electrons. The van der Waals surface area contributed by atoms with Gasteiger partial charge < -0.3 is 20.1 Å². The predicted molar refractivity (Wildman–Crippen MR) is 155 cm³/mol. The van der Waals surface area contributed by atoms with Crippen molar-refractivity contribution in [2.75, 3.05) is 23.8 Å². The number of esters is 1. The molecule has 39 heavy (non-hydrogen) atoms. The van der Waals surface area contributed by atoms with E-state index in [0.29, 0.717) is 27.8 Å². The Morgan fingerprint density at radius 1 is 1.00 bits per heavy atom. The second-order valence-corrected chi connectivity index (χ2v) is 11.0. The standard InChI is InChI=1S/C31H36N2O5S/c1-4-6-7-21-9-13-23(14-10-21)32-29(35)22-11-15-24(16-12-22)38-19-27(34)33-30-28(31(36)37-5-2)25-17-8-20(3)18-26(25)39-30/h9-16,20H,4-8,17-19H2,1-3H3,(H,32,35)(H,33,34)/t20-/m1/s1. The van der Waals surface area contributed by atoms with E-state index in [-0.39, 0.29) is 25.0 Å². The zero-order valence-electron chi connectivity index (χ0n) is 22.8. The van der Waals surface area contributed by atoms with Gasteiger partial charge in [0.25, 0.3) is 11.8 Å². The Balaban J connectivity index is 1.32. The quantitative estimate of drug-likeness (QED) is 0.261. The van der Waals surface area contributed by atoms with Crippen LogP contribution in [0.2, 0.25) is 0 Å². The summed E-state index contributed by atoms with van der Waals surface area (Å²) in [7, 11) is 0. The van der Waals surface area contributed by atoms with E-state index in [4.69, 9.17) is 9.47 Å². The van der Waals surface area contributed by atoms with Gasteiger partial charge in [-0.05, 0) is 92.5 Å². The summed E-state index contributed by atoms with van der Waals surface area (Å²) >= 11 is 1.45. The molecule has 3 aromatic rings. The van der Waals surface area contributed by atoms with Gasteiger partial charge in [-0.25, -0.2) is 4.79 Å². The summed E-state index contributed by atoms with van der Waals surface area (Å²) in [5, 5.41) is 6.28. The molecule has 1 aliphatic rings. The van der Waals surface area contributed by atoms with E-state index in [9.17, 15) is 14.4 Å². The molecule has 2 amide bonds. The van der Waals surface area contributed by atoms with Crippen LogP contribution in [0.5, 0.6) is 5.75 Å². The molecule has 0 unspecified atom stereocenters. The highest BCUT2D eigenvalue weighted by Crippen LogP contribution is 2.40. The Morgan fingerprint density at radius 3 is 2.44 bits per heavy atom. The zero-order valence-corrected chi connectivity index (χ0v) is 23.6. The molecule has 1 heterocycles. The fourth-order valence-electron chi connectivity index (χ4n) is 4.61. The molecule has 0 fully saturated rings. The smallest absolute Gasteiger partial charge is 0.341 e. The first-order chi connectivity index (χ1) is 18.9. The van der Waals surface area contributed by atoms with Gasteiger partial charge in [-0.15, -0.1) is 11.3 Å². The van der Waals surface area contributed by atoms with E-state index in [1.54, 1.807) is 31.2 Å². The SMILES string of the molecule is CCCCc1ccc(NC(=O)c2ccc(OCC(=O)Nc3sc4c(c3C(=O)OCC)CC[C@@H](C)C4)cc2)cc1. The third-order valence-electron chi connectivity index (χ3n) is 6.76. The number of carbonyl (C=O) groups is 3. The molecule has 7 nitrogen and oxygen atoms in total. The minimum Gasteiger partial charge on any atom is -0.484 e. The molecule has 0 saturated heterocycles. The van der Waals surface area contributed by atoms with Crippen molar-refractivity contribution >= 4 is 39.8 Å². The van der Waals surface area contributed by atoms with Gasteiger partial charge in [0.15, 0.2) is 6.61 Å². The fourth-order valence-corrected chi connectivity index (χ4v) is 6.03. The van der Waals surface area contributed by atoms with Gasteiger partial charge in [0, 0.05) is 16.1 Å². The molecule has 0 aliphatic heterocycles. The van der Waals surface area contributed by atoms with Crippen molar-refractivity contribution in [2.45, 2.75) is 59.3 Å². The second kappa shape index (κ2) is 13.4. The fraction of sp³-hybridized carbons (Fsp3) is 0.387. The van der Waals surface area contributed by atoms with Crippen LogP contribution in [-0.2, 0) is 28.8 Å². The Labute approximate surface area is 233 Å². The topological polar surface area (TPSA) is 93.7 Å². The third-order valence-corrected chi connectivity index (χ3v) is 7.93. The number of anilines is 2.